The monoisotopic (exact) mass is 150 g/mol. The molecule has 0 radical (unpaired) electrons. The van der Waals surface area contributed by atoms with Crippen LogP contribution in [0.4, 0.5) is 0 Å². The molecule has 2 saturated carbocycles. The van der Waals surface area contributed by atoms with Gasteiger partial charge in [0, 0.05) is 0 Å². The summed E-state index contributed by atoms with van der Waals surface area (Å²) < 4.78 is 0. The number of allylic oxidation sites excluding steroid dienone is 2. The van der Waals surface area contributed by atoms with Gasteiger partial charge in [0.1, 0.15) is 0 Å². The summed E-state index contributed by atoms with van der Waals surface area (Å²) in [7, 11) is 0. The number of hydrogen-bond acceptors (Lipinski definition) is 0. The van der Waals surface area contributed by atoms with Crippen molar-refractivity contribution >= 4 is 0 Å². The van der Waals surface area contributed by atoms with Crippen LogP contribution in [-0.2, 0) is 0 Å². The van der Waals surface area contributed by atoms with E-state index in [1.165, 1.54) is 51.4 Å². The summed E-state index contributed by atoms with van der Waals surface area (Å²) in [5, 5.41) is 0. The Balaban J connectivity index is 1.83. The van der Waals surface area contributed by atoms with E-state index in [9.17, 15) is 0 Å². The molecular weight excluding hydrogens is 132 g/mol. The minimum atomic E-state index is 0.971. The third-order valence-corrected chi connectivity index (χ3v) is 3.12. The maximum absolute atomic E-state index is 2.59. The second kappa shape index (κ2) is 3.42. The highest BCUT2D eigenvalue weighted by molar-refractivity contribution is 5.11. The van der Waals surface area contributed by atoms with E-state index in [0.717, 1.165) is 5.92 Å². The van der Waals surface area contributed by atoms with Crippen molar-refractivity contribution in [2.24, 2.45) is 5.92 Å². The molecule has 0 aliphatic heterocycles. The zero-order chi connectivity index (χ0) is 7.52. The zero-order valence-electron chi connectivity index (χ0n) is 7.31. The fourth-order valence-electron chi connectivity index (χ4n) is 2.18. The second-order valence-electron chi connectivity index (χ2n) is 4.08. The van der Waals surface area contributed by atoms with E-state index in [2.05, 4.69) is 6.08 Å². The first-order valence-electron chi connectivity index (χ1n) is 5.15. The highest BCUT2D eigenvalue weighted by Gasteiger charge is 2.14. The fourth-order valence-corrected chi connectivity index (χ4v) is 2.18. The molecule has 2 fully saturated rings. The molecule has 11 heavy (non-hydrogen) atoms. The normalized spacial score (nSPS) is 26.4. The van der Waals surface area contributed by atoms with Crippen molar-refractivity contribution in [1.82, 2.24) is 0 Å². The average molecular weight is 150 g/mol. The van der Waals surface area contributed by atoms with Crippen LogP contribution in [0.1, 0.15) is 51.4 Å². The van der Waals surface area contributed by atoms with Gasteiger partial charge < -0.3 is 0 Å². The lowest BCUT2D eigenvalue weighted by Gasteiger charge is -2.23. The van der Waals surface area contributed by atoms with Gasteiger partial charge in [0.2, 0.25) is 0 Å². The van der Waals surface area contributed by atoms with Crippen molar-refractivity contribution in [3.63, 3.8) is 0 Å². The maximum atomic E-state index is 2.59. The molecule has 0 heterocycles. The molecule has 0 nitrogen and oxygen atoms in total. The van der Waals surface area contributed by atoms with Crippen LogP contribution in [-0.4, -0.2) is 0 Å². The predicted octanol–water partition coefficient (Wildman–Crippen LogP) is 3.68. The Bertz CT molecular complexity index is 143. The highest BCUT2D eigenvalue weighted by atomic mass is 14.2. The first-order valence-corrected chi connectivity index (χ1v) is 5.15. The first kappa shape index (κ1) is 7.39. The van der Waals surface area contributed by atoms with Crippen molar-refractivity contribution < 1.29 is 0 Å². The molecule has 2 aliphatic rings. The second-order valence-corrected chi connectivity index (χ2v) is 4.08. The Morgan fingerprint density at radius 2 is 1.64 bits per heavy atom. The smallest absolute Gasteiger partial charge is 0.0231 e. The predicted molar refractivity (Wildman–Crippen MR) is 48.5 cm³/mol. The largest absolute Gasteiger partial charge is 0.0822 e. The van der Waals surface area contributed by atoms with Crippen LogP contribution in [0.15, 0.2) is 11.6 Å². The molecule has 0 aromatic heterocycles. The molecule has 0 atom stereocenters. The summed E-state index contributed by atoms with van der Waals surface area (Å²) in [6, 6.07) is 0. The van der Waals surface area contributed by atoms with Gasteiger partial charge in [-0.05, 0) is 38.0 Å². The van der Waals surface area contributed by atoms with E-state index in [1.54, 1.807) is 5.57 Å². The van der Waals surface area contributed by atoms with E-state index < -0.39 is 0 Å². The van der Waals surface area contributed by atoms with Crippen LogP contribution in [0.5, 0.6) is 0 Å². The van der Waals surface area contributed by atoms with E-state index in [1.807, 2.05) is 0 Å². The van der Waals surface area contributed by atoms with Crippen molar-refractivity contribution in [3.8, 4) is 0 Å². The number of hydrogen-bond donors (Lipinski definition) is 0. The molecule has 2 rings (SSSR count). The molecule has 0 unspecified atom stereocenters. The Hall–Kier alpha value is -0.260. The Morgan fingerprint density at radius 1 is 0.909 bits per heavy atom. The molecule has 0 spiro atoms. The van der Waals surface area contributed by atoms with Crippen molar-refractivity contribution in [3.05, 3.63) is 11.6 Å². The van der Waals surface area contributed by atoms with E-state index in [-0.39, 0.29) is 0 Å². The van der Waals surface area contributed by atoms with Crippen LogP contribution in [0, 0.1) is 5.92 Å². The minimum absolute atomic E-state index is 0.971. The lowest BCUT2D eigenvalue weighted by molar-refractivity contribution is 0.413. The molecule has 0 aromatic rings. The third kappa shape index (κ3) is 1.85. The van der Waals surface area contributed by atoms with Crippen LogP contribution in [0.2, 0.25) is 0 Å². The van der Waals surface area contributed by atoms with Crippen molar-refractivity contribution in [2.45, 2.75) is 51.4 Å². The first-order chi connectivity index (χ1) is 5.45. The lowest BCUT2D eigenvalue weighted by atomic mass is 9.83. The van der Waals surface area contributed by atoms with Gasteiger partial charge >= 0.3 is 0 Å². The van der Waals surface area contributed by atoms with Gasteiger partial charge in [-0.15, -0.1) is 0 Å². The van der Waals surface area contributed by atoms with Gasteiger partial charge in [-0.25, -0.2) is 0 Å². The molecule has 0 bridgehead atoms. The quantitative estimate of drug-likeness (QED) is 0.500. The van der Waals surface area contributed by atoms with Gasteiger partial charge in [0.15, 0.2) is 0 Å². The van der Waals surface area contributed by atoms with E-state index in [0.29, 0.717) is 0 Å². The number of rotatable bonds is 1. The van der Waals surface area contributed by atoms with Crippen LogP contribution >= 0.6 is 0 Å². The molecule has 0 saturated heterocycles. The summed E-state index contributed by atoms with van der Waals surface area (Å²) >= 11 is 0. The summed E-state index contributed by atoms with van der Waals surface area (Å²) in [6.07, 6.45) is 14.3. The molecule has 0 N–H and O–H groups in total. The lowest BCUT2D eigenvalue weighted by Crippen LogP contribution is -2.06. The minimum Gasteiger partial charge on any atom is -0.0822 e. The average Bonchev–Trinajstić information content (AvgIpc) is 1.99. The van der Waals surface area contributed by atoms with Gasteiger partial charge in [-0.3, -0.25) is 0 Å². The summed E-state index contributed by atoms with van der Waals surface area (Å²) in [5.41, 5.74) is 1.76. The Labute approximate surface area is 69.7 Å². The maximum Gasteiger partial charge on any atom is -0.0231 e. The molecule has 62 valence electrons. The van der Waals surface area contributed by atoms with Crippen molar-refractivity contribution in [1.29, 1.82) is 0 Å². The van der Waals surface area contributed by atoms with Gasteiger partial charge in [-0.1, -0.05) is 30.9 Å². The van der Waals surface area contributed by atoms with Gasteiger partial charge in [0.25, 0.3) is 0 Å². The van der Waals surface area contributed by atoms with Crippen LogP contribution < -0.4 is 0 Å². The SMILES string of the molecule is C(=C1CCC1)C1CCCCC1. The van der Waals surface area contributed by atoms with Crippen molar-refractivity contribution in [2.75, 3.05) is 0 Å². The molecule has 0 amide bonds. The Morgan fingerprint density at radius 3 is 2.18 bits per heavy atom. The molecule has 0 heteroatoms. The van der Waals surface area contributed by atoms with Gasteiger partial charge in [-0.2, -0.15) is 0 Å². The highest BCUT2D eigenvalue weighted by Crippen LogP contribution is 2.31. The summed E-state index contributed by atoms with van der Waals surface area (Å²) in [5.74, 6) is 0.971. The molecule has 2 aliphatic carbocycles. The van der Waals surface area contributed by atoms with Crippen LogP contribution in [0.3, 0.4) is 0 Å². The Kier molecular flexibility index (Phi) is 2.30. The third-order valence-electron chi connectivity index (χ3n) is 3.12. The van der Waals surface area contributed by atoms with E-state index >= 15 is 0 Å². The summed E-state index contributed by atoms with van der Waals surface area (Å²) in [4.78, 5) is 0. The van der Waals surface area contributed by atoms with Crippen LogP contribution in [0.25, 0.3) is 0 Å². The van der Waals surface area contributed by atoms with Gasteiger partial charge in [0.05, 0.1) is 0 Å². The zero-order valence-corrected chi connectivity index (χ0v) is 7.31. The fraction of sp³-hybridized carbons (Fsp3) is 0.818. The summed E-state index contributed by atoms with van der Waals surface area (Å²) in [6.45, 7) is 0. The topological polar surface area (TPSA) is 0 Å². The molecule has 0 aromatic carbocycles. The molecular formula is C11H18. The van der Waals surface area contributed by atoms with E-state index in [4.69, 9.17) is 0 Å². The standard InChI is InChI=1S/C11H18/c1-2-5-10(6-3-1)9-11-7-4-8-11/h9-10H,1-8H2.